The van der Waals surface area contributed by atoms with Crippen LogP contribution < -0.4 is 5.32 Å². The Bertz CT molecular complexity index is 278. The fraction of sp³-hybridized carbons (Fsp3) is 0.667. The lowest BCUT2D eigenvalue weighted by Gasteiger charge is -2.27. The number of hydrogen-bond acceptors (Lipinski definition) is 2. The Morgan fingerprint density at radius 3 is 2.80 bits per heavy atom. The average Bonchev–Trinajstić information content (AvgIpc) is 2.89. The highest BCUT2D eigenvalue weighted by molar-refractivity contribution is 7.09. The van der Waals surface area contributed by atoms with Crippen molar-refractivity contribution in [3.63, 3.8) is 0 Å². The quantitative estimate of drug-likeness (QED) is 0.782. The lowest BCUT2D eigenvalue weighted by molar-refractivity contribution is 0.373. The van der Waals surface area contributed by atoms with E-state index >= 15 is 0 Å². The van der Waals surface area contributed by atoms with Crippen LogP contribution in [0.15, 0.2) is 17.5 Å². The third-order valence-corrected chi connectivity index (χ3v) is 4.72. The first-order valence-electron chi connectivity index (χ1n) is 5.68. The molecule has 0 amide bonds. The maximum absolute atomic E-state index is 6.07. The summed E-state index contributed by atoms with van der Waals surface area (Å²) in [7, 11) is 0. The van der Waals surface area contributed by atoms with E-state index in [0.717, 1.165) is 18.8 Å². The van der Waals surface area contributed by atoms with Crippen LogP contribution in [0.4, 0.5) is 0 Å². The van der Waals surface area contributed by atoms with Crippen LogP contribution in [-0.4, -0.2) is 18.0 Å². The highest BCUT2D eigenvalue weighted by Crippen LogP contribution is 2.30. The number of thiophene rings is 1. The van der Waals surface area contributed by atoms with Crippen LogP contribution in [0.1, 0.15) is 30.6 Å². The van der Waals surface area contributed by atoms with Crippen LogP contribution in [0, 0.1) is 0 Å². The Labute approximate surface area is 101 Å². The number of halogens is 1. The fourth-order valence-electron chi connectivity index (χ4n) is 2.32. The van der Waals surface area contributed by atoms with Gasteiger partial charge in [0.2, 0.25) is 0 Å². The molecule has 0 radical (unpaired) electrons. The molecular formula is C12H18ClNS. The molecule has 0 bridgehead atoms. The summed E-state index contributed by atoms with van der Waals surface area (Å²) in [5, 5.41) is 5.80. The summed E-state index contributed by atoms with van der Waals surface area (Å²) < 4.78 is 0. The van der Waals surface area contributed by atoms with Crippen LogP contribution in [0.2, 0.25) is 0 Å². The summed E-state index contributed by atoms with van der Waals surface area (Å²) in [5.41, 5.74) is 0.249. The second-order valence-electron chi connectivity index (χ2n) is 4.38. The van der Waals surface area contributed by atoms with Gasteiger partial charge < -0.3 is 5.32 Å². The van der Waals surface area contributed by atoms with Crippen molar-refractivity contribution in [1.82, 2.24) is 5.32 Å². The SMILES string of the molecule is ClCC1(NCCc2cccs2)CCCC1. The van der Waals surface area contributed by atoms with Crippen LogP contribution in [0.3, 0.4) is 0 Å². The molecule has 1 fully saturated rings. The van der Waals surface area contributed by atoms with Gasteiger partial charge in [0, 0.05) is 22.8 Å². The maximum Gasteiger partial charge on any atom is 0.0406 e. The molecule has 0 aromatic carbocycles. The Morgan fingerprint density at radius 1 is 1.40 bits per heavy atom. The van der Waals surface area contributed by atoms with E-state index in [2.05, 4.69) is 22.8 Å². The lowest BCUT2D eigenvalue weighted by Crippen LogP contribution is -2.45. The van der Waals surface area contributed by atoms with Crippen molar-refractivity contribution < 1.29 is 0 Å². The van der Waals surface area contributed by atoms with Crippen LogP contribution in [-0.2, 0) is 6.42 Å². The number of nitrogens with one attached hydrogen (secondary N) is 1. The van der Waals surface area contributed by atoms with E-state index in [-0.39, 0.29) is 5.54 Å². The highest BCUT2D eigenvalue weighted by Gasteiger charge is 2.31. The Kier molecular flexibility index (Phi) is 4.06. The second kappa shape index (κ2) is 5.33. The van der Waals surface area contributed by atoms with Crippen molar-refractivity contribution >= 4 is 22.9 Å². The Morgan fingerprint density at radius 2 is 2.20 bits per heavy atom. The largest absolute Gasteiger partial charge is 0.310 e. The van der Waals surface area contributed by atoms with Gasteiger partial charge in [-0.25, -0.2) is 0 Å². The van der Waals surface area contributed by atoms with Gasteiger partial charge in [0.1, 0.15) is 0 Å². The van der Waals surface area contributed by atoms with Crippen LogP contribution in [0.25, 0.3) is 0 Å². The molecule has 1 saturated carbocycles. The molecule has 1 N–H and O–H groups in total. The van der Waals surface area contributed by atoms with Gasteiger partial charge in [0.15, 0.2) is 0 Å². The molecule has 3 heteroatoms. The van der Waals surface area contributed by atoms with Crippen molar-refractivity contribution in [2.45, 2.75) is 37.6 Å². The minimum atomic E-state index is 0.249. The second-order valence-corrected chi connectivity index (χ2v) is 5.68. The monoisotopic (exact) mass is 243 g/mol. The van der Waals surface area contributed by atoms with Crippen molar-refractivity contribution in [1.29, 1.82) is 0 Å². The molecule has 2 rings (SSSR count). The minimum absolute atomic E-state index is 0.249. The number of alkyl halides is 1. The maximum atomic E-state index is 6.07. The predicted molar refractivity (Wildman–Crippen MR) is 67.9 cm³/mol. The molecule has 1 aromatic heterocycles. The van der Waals surface area contributed by atoms with Gasteiger partial charge in [-0.3, -0.25) is 0 Å². The zero-order valence-corrected chi connectivity index (χ0v) is 10.5. The van der Waals surface area contributed by atoms with E-state index in [1.807, 2.05) is 11.3 Å². The molecule has 1 aromatic rings. The van der Waals surface area contributed by atoms with Gasteiger partial charge in [-0.15, -0.1) is 22.9 Å². The zero-order chi connectivity index (χ0) is 10.6. The zero-order valence-electron chi connectivity index (χ0n) is 8.97. The normalized spacial score (nSPS) is 19.5. The summed E-state index contributed by atoms with van der Waals surface area (Å²) in [6, 6.07) is 4.32. The van der Waals surface area contributed by atoms with Gasteiger partial charge in [-0.1, -0.05) is 18.9 Å². The number of rotatable bonds is 5. The molecule has 1 heterocycles. The molecule has 1 nitrogen and oxygen atoms in total. The molecule has 0 aliphatic heterocycles. The molecule has 0 unspecified atom stereocenters. The summed E-state index contributed by atoms with van der Waals surface area (Å²) >= 11 is 7.90. The van der Waals surface area contributed by atoms with Gasteiger partial charge in [0.05, 0.1) is 0 Å². The van der Waals surface area contributed by atoms with Crippen LogP contribution in [0.5, 0.6) is 0 Å². The summed E-state index contributed by atoms with van der Waals surface area (Å²) in [4.78, 5) is 1.46. The standard InChI is InChI=1S/C12H18ClNS/c13-10-12(6-1-2-7-12)14-8-5-11-4-3-9-15-11/h3-4,9,14H,1-2,5-8,10H2. The molecule has 0 spiro atoms. The Hall–Kier alpha value is -0.0500. The van der Waals surface area contributed by atoms with Gasteiger partial charge in [-0.05, 0) is 30.7 Å². The minimum Gasteiger partial charge on any atom is -0.310 e. The van der Waals surface area contributed by atoms with Gasteiger partial charge in [0.25, 0.3) is 0 Å². The van der Waals surface area contributed by atoms with Gasteiger partial charge >= 0.3 is 0 Å². The molecule has 15 heavy (non-hydrogen) atoms. The lowest BCUT2D eigenvalue weighted by atomic mass is 10.0. The van der Waals surface area contributed by atoms with Crippen molar-refractivity contribution in [2.24, 2.45) is 0 Å². The van der Waals surface area contributed by atoms with Crippen molar-refractivity contribution in [2.75, 3.05) is 12.4 Å². The molecule has 84 valence electrons. The smallest absolute Gasteiger partial charge is 0.0406 e. The number of hydrogen-bond donors (Lipinski definition) is 1. The summed E-state index contributed by atoms with van der Waals surface area (Å²) in [6.07, 6.45) is 6.30. The molecule has 0 saturated heterocycles. The van der Waals surface area contributed by atoms with E-state index in [1.165, 1.54) is 30.6 Å². The highest BCUT2D eigenvalue weighted by atomic mass is 35.5. The third-order valence-electron chi connectivity index (χ3n) is 3.27. The third kappa shape index (κ3) is 2.96. The summed E-state index contributed by atoms with van der Waals surface area (Å²) in [5.74, 6) is 0.761. The van der Waals surface area contributed by atoms with E-state index < -0.39 is 0 Å². The van der Waals surface area contributed by atoms with Crippen molar-refractivity contribution in [3.05, 3.63) is 22.4 Å². The first kappa shape index (κ1) is 11.4. The first-order valence-corrected chi connectivity index (χ1v) is 7.09. The topological polar surface area (TPSA) is 12.0 Å². The average molecular weight is 244 g/mol. The first-order chi connectivity index (χ1) is 7.35. The van der Waals surface area contributed by atoms with E-state index in [4.69, 9.17) is 11.6 Å². The summed E-state index contributed by atoms with van der Waals surface area (Å²) in [6.45, 7) is 1.06. The molecule has 1 aliphatic rings. The molecular weight excluding hydrogens is 226 g/mol. The van der Waals surface area contributed by atoms with Crippen LogP contribution >= 0.6 is 22.9 Å². The molecule has 0 atom stereocenters. The van der Waals surface area contributed by atoms with E-state index in [9.17, 15) is 0 Å². The Balaban J connectivity index is 1.77. The van der Waals surface area contributed by atoms with Gasteiger partial charge in [-0.2, -0.15) is 0 Å². The van der Waals surface area contributed by atoms with E-state index in [0.29, 0.717) is 0 Å². The molecule has 1 aliphatic carbocycles. The van der Waals surface area contributed by atoms with E-state index in [1.54, 1.807) is 0 Å². The predicted octanol–water partition coefficient (Wildman–Crippen LogP) is 3.43. The fourth-order valence-corrected chi connectivity index (χ4v) is 3.39. The van der Waals surface area contributed by atoms with Crippen molar-refractivity contribution in [3.8, 4) is 0 Å².